The number of aromatic nitrogens is 2. The second-order valence-electron chi connectivity index (χ2n) is 8.08. The lowest BCUT2D eigenvalue weighted by molar-refractivity contribution is 0.0330. The quantitative estimate of drug-likeness (QED) is 0.626. The van der Waals surface area contributed by atoms with Gasteiger partial charge in [0.25, 0.3) is 0 Å². The molecular formula is C23H24N4O2S. The van der Waals surface area contributed by atoms with Crippen molar-refractivity contribution in [3.8, 4) is 17.7 Å². The molecule has 1 aliphatic heterocycles. The van der Waals surface area contributed by atoms with Crippen LogP contribution in [0.5, 0.6) is 11.6 Å². The van der Waals surface area contributed by atoms with Gasteiger partial charge in [-0.1, -0.05) is 19.1 Å². The number of hydrogen-bond acceptors (Lipinski definition) is 7. The van der Waals surface area contributed by atoms with Crippen molar-refractivity contribution in [2.45, 2.75) is 32.7 Å². The zero-order valence-electron chi connectivity index (χ0n) is 17.1. The molecule has 0 unspecified atom stereocenters. The lowest BCUT2D eigenvalue weighted by Crippen LogP contribution is -2.36. The van der Waals surface area contributed by atoms with E-state index in [9.17, 15) is 5.26 Å². The molecule has 2 aliphatic rings. The van der Waals surface area contributed by atoms with Gasteiger partial charge >= 0.3 is 0 Å². The Balaban J connectivity index is 1.59. The van der Waals surface area contributed by atoms with Crippen LogP contribution in [0.2, 0.25) is 0 Å². The SMILES string of the molecule is C[C@H]1CCc2c(sc3nc(CN4CCOCC4)nc(Oc4ccccc4C#N)c23)C1. The van der Waals surface area contributed by atoms with Crippen molar-refractivity contribution in [2.75, 3.05) is 26.3 Å². The number of thiophene rings is 1. The largest absolute Gasteiger partial charge is 0.437 e. The van der Waals surface area contributed by atoms with Crippen molar-refractivity contribution in [1.29, 1.82) is 5.26 Å². The summed E-state index contributed by atoms with van der Waals surface area (Å²) in [5, 5.41) is 10.5. The average molecular weight is 421 g/mol. The lowest BCUT2D eigenvalue weighted by atomic mass is 9.89. The van der Waals surface area contributed by atoms with Gasteiger partial charge < -0.3 is 9.47 Å². The fourth-order valence-electron chi connectivity index (χ4n) is 4.21. The molecule has 1 aromatic carbocycles. The standard InChI is InChI=1S/C23H24N4O2S/c1-15-6-7-17-19(12-15)30-23-21(17)22(29-18-5-3-2-4-16(18)13-24)25-20(26-23)14-27-8-10-28-11-9-27/h2-5,15H,6-12,14H2,1H3/t15-/m0/s1. The third kappa shape index (κ3) is 3.79. The first-order valence-corrected chi connectivity index (χ1v) is 11.3. The molecule has 154 valence electrons. The molecule has 2 aromatic heterocycles. The minimum atomic E-state index is 0.511. The number of hydrogen-bond donors (Lipinski definition) is 0. The van der Waals surface area contributed by atoms with Crippen LogP contribution >= 0.6 is 11.3 Å². The van der Waals surface area contributed by atoms with Gasteiger partial charge in [0, 0.05) is 18.0 Å². The van der Waals surface area contributed by atoms with Gasteiger partial charge in [0.15, 0.2) is 0 Å². The topological polar surface area (TPSA) is 71.3 Å². The third-order valence-electron chi connectivity index (χ3n) is 5.85. The molecule has 3 heterocycles. The van der Waals surface area contributed by atoms with Crippen LogP contribution in [0.1, 0.15) is 35.2 Å². The molecule has 1 atom stereocenters. The molecular weight excluding hydrogens is 396 g/mol. The normalized spacial score (nSPS) is 19.4. The number of aryl methyl sites for hydroxylation is 1. The second kappa shape index (κ2) is 8.31. The summed E-state index contributed by atoms with van der Waals surface area (Å²) in [6, 6.07) is 9.55. The molecule has 1 saturated heterocycles. The van der Waals surface area contributed by atoms with Gasteiger partial charge in [0.05, 0.1) is 30.7 Å². The highest BCUT2D eigenvalue weighted by atomic mass is 32.1. The Labute approximate surface area is 180 Å². The first kappa shape index (κ1) is 19.4. The summed E-state index contributed by atoms with van der Waals surface area (Å²) in [5.74, 6) is 2.58. The van der Waals surface area contributed by atoms with Crippen LogP contribution in [0.3, 0.4) is 0 Å². The van der Waals surface area contributed by atoms with Gasteiger partial charge in [0.2, 0.25) is 5.88 Å². The molecule has 1 aliphatic carbocycles. The Morgan fingerprint density at radius 1 is 1.27 bits per heavy atom. The van der Waals surface area contributed by atoms with Crippen LogP contribution in [0.25, 0.3) is 10.2 Å². The number of nitriles is 1. The minimum Gasteiger partial charge on any atom is -0.437 e. The number of fused-ring (bicyclic) bond motifs is 3. The van der Waals surface area contributed by atoms with Crippen LogP contribution < -0.4 is 4.74 Å². The highest BCUT2D eigenvalue weighted by Crippen LogP contribution is 2.42. The monoisotopic (exact) mass is 420 g/mol. The number of para-hydroxylation sites is 1. The van der Waals surface area contributed by atoms with Crippen LogP contribution in [0, 0.1) is 17.2 Å². The predicted molar refractivity (Wildman–Crippen MR) is 116 cm³/mol. The maximum atomic E-state index is 9.48. The summed E-state index contributed by atoms with van der Waals surface area (Å²) in [6.07, 6.45) is 3.28. The fourth-order valence-corrected chi connectivity index (χ4v) is 5.60. The van der Waals surface area contributed by atoms with Gasteiger partial charge in [-0.05, 0) is 42.9 Å². The van der Waals surface area contributed by atoms with Gasteiger partial charge in [-0.2, -0.15) is 10.2 Å². The zero-order chi connectivity index (χ0) is 20.5. The molecule has 0 radical (unpaired) electrons. The summed E-state index contributed by atoms with van der Waals surface area (Å²) < 4.78 is 11.7. The van der Waals surface area contributed by atoms with Crippen LogP contribution in [-0.2, 0) is 24.1 Å². The molecule has 0 saturated carbocycles. The van der Waals surface area contributed by atoms with E-state index >= 15 is 0 Å². The van der Waals surface area contributed by atoms with Crippen molar-refractivity contribution in [2.24, 2.45) is 5.92 Å². The van der Waals surface area contributed by atoms with E-state index in [1.165, 1.54) is 16.9 Å². The minimum absolute atomic E-state index is 0.511. The van der Waals surface area contributed by atoms with Gasteiger partial charge in [-0.3, -0.25) is 4.90 Å². The van der Waals surface area contributed by atoms with E-state index in [0.717, 1.165) is 55.2 Å². The summed E-state index contributed by atoms with van der Waals surface area (Å²) in [5.41, 5.74) is 1.84. The number of benzene rings is 1. The Bertz CT molecular complexity index is 1110. The molecule has 0 bridgehead atoms. The maximum absolute atomic E-state index is 9.48. The molecule has 0 amide bonds. The molecule has 0 spiro atoms. The number of morpholine rings is 1. The Morgan fingerprint density at radius 3 is 2.93 bits per heavy atom. The average Bonchev–Trinajstić information content (AvgIpc) is 3.12. The van der Waals surface area contributed by atoms with Crippen molar-refractivity contribution in [3.63, 3.8) is 0 Å². The maximum Gasteiger partial charge on any atom is 0.231 e. The molecule has 3 aromatic rings. The Kier molecular flexibility index (Phi) is 5.38. The van der Waals surface area contributed by atoms with E-state index in [0.29, 0.717) is 29.7 Å². The fraction of sp³-hybridized carbons (Fsp3) is 0.435. The summed E-state index contributed by atoms with van der Waals surface area (Å²) >= 11 is 1.78. The van der Waals surface area contributed by atoms with Crippen LogP contribution in [0.15, 0.2) is 24.3 Å². The molecule has 30 heavy (non-hydrogen) atoms. The Morgan fingerprint density at radius 2 is 2.10 bits per heavy atom. The van der Waals surface area contributed by atoms with Gasteiger partial charge in [-0.15, -0.1) is 11.3 Å². The highest BCUT2D eigenvalue weighted by molar-refractivity contribution is 7.18. The Hall–Kier alpha value is -2.53. The van der Waals surface area contributed by atoms with Gasteiger partial charge in [0.1, 0.15) is 22.5 Å². The molecule has 7 heteroatoms. The summed E-state index contributed by atoms with van der Waals surface area (Å²) in [6.45, 7) is 6.23. The van der Waals surface area contributed by atoms with E-state index in [1.54, 1.807) is 17.4 Å². The highest BCUT2D eigenvalue weighted by Gasteiger charge is 2.26. The number of ether oxygens (including phenoxy) is 2. The number of rotatable bonds is 4. The summed E-state index contributed by atoms with van der Waals surface area (Å²) in [4.78, 5) is 14.5. The number of nitrogens with zero attached hydrogens (tertiary/aromatic N) is 4. The van der Waals surface area contributed by atoms with Gasteiger partial charge in [-0.25, -0.2) is 4.98 Å². The van der Waals surface area contributed by atoms with Crippen LogP contribution in [0.4, 0.5) is 0 Å². The smallest absolute Gasteiger partial charge is 0.231 e. The summed E-state index contributed by atoms with van der Waals surface area (Å²) in [7, 11) is 0. The van der Waals surface area contributed by atoms with E-state index in [1.807, 2.05) is 18.2 Å². The van der Waals surface area contributed by atoms with E-state index in [2.05, 4.69) is 17.9 Å². The molecule has 1 fully saturated rings. The molecule has 6 nitrogen and oxygen atoms in total. The second-order valence-corrected chi connectivity index (χ2v) is 9.16. The zero-order valence-corrected chi connectivity index (χ0v) is 17.9. The first-order valence-electron chi connectivity index (χ1n) is 10.5. The van der Waals surface area contributed by atoms with E-state index in [4.69, 9.17) is 19.4 Å². The van der Waals surface area contributed by atoms with E-state index < -0.39 is 0 Å². The lowest BCUT2D eigenvalue weighted by Gasteiger charge is -2.25. The third-order valence-corrected chi connectivity index (χ3v) is 7.00. The van der Waals surface area contributed by atoms with Crippen molar-refractivity contribution < 1.29 is 9.47 Å². The van der Waals surface area contributed by atoms with Crippen molar-refractivity contribution in [1.82, 2.24) is 14.9 Å². The molecule has 0 N–H and O–H groups in total. The predicted octanol–water partition coefficient (Wildman–Crippen LogP) is 4.31. The van der Waals surface area contributed by atoms with Crippen molar-refractivity contribution >= 4 is 21.6 Å². The van der Waals surface area contributed by atoms with Crippen molar-refractivity contribution in [3.05, 3.63) is 46.1 Å². The first-order chi connectivity index (χ1) is 14.7. The molecule has 5 rings (SSSR count). The van der Waals surface area contributed by atoms with E-state index in [-0.39, 0.29) is 0 Å². The van der Waals surface area contributed by atoms with Crippen LogP contribution in [-0.4, -0.2) is 41.2 Å².